The van der Waals surface area contributed by atoms with Crippen LogP contribution in [0.1, 0.15) is 66.2 Å². The summed E-state index contributed by atoms with van der Waals surface area (Å²) in [6.45, 7) is 12.4. The zero-order valence-corrected chi connectivity index (χ0v) is 13.1. The molecule has 0 aromatic heterocycles. The van der Waals surface area contributed by atoms with Crippen LogP contribution in [0.3, 0.4) is 0 Å². The highest BCUT2D eigenvalue weighted by atomic mass is 16.6. The second-order valence-electron chi connectivity index (χ2n) is 5.89. The number of ether oxygens (including phenoxy) is 1. The van der Waals surface area contributed by atoms with Crippen LogP contribution in [0.15, 0.2) is 12.7 Å². The molecule has 0 N–H and O–H groups in total. The summed E-state index contributed by atoms with van der Waals surface area (Å²) in [5.41, 5.74) is -0.263. The Balaban J connectivity index is 3.06. The third-order valence-corrected chi connectivity index (χ3v) is 5.19. The van der Waals surface area contributed by atoms with Crippen molar-refractivity contribution in [2.75, 3.05) is 0 Å². The molecule has 0 radical (unpaired) electrons. The van der Waals surface area contributed by atoms with E-state index in [1.807, 2.05) is 0 Å². The fourth-order valence-electron chi connectivity index (χ4n) is 4.04. The smallest absolute Gasteiger partial charge is 0.330 e. The molecule has 0 bridgehead atoms. The van der Waals surface area contributed by atoms with Gasteiger partial charge in [-0.2, -0.15) is 0 Å². The van der Waals surface area contributed by atoms with Crippen molar-refractivity contribution in [3.63, 3.8) is 0 Å². The summed E-state index contributed by atoms with van der Waals surface area (Å²) in [5.74, 6) is 1.51. The summed E-state index contributed by atoms with van der Waals surface area (Å²) in [5, 5.41) is 0. The fourth-order valence-corrected chi connectivity index (χ4v) is 4.04. The first-order valence-corrected chi connectivity index (χ1v) is 7.93. The van der Waals surface area contributed by atoms with E-state index in [9.17, 15) is 4.79 Å². The summed E-state index contributed by atoms with van der Waals surface area (Å²) in [6, 6.07) is 0. The summed E-state index contributed by atoms with van der Waals surface area (Å²) in [4.78, 5) is 11.8. The van der Waals surface area contributed by atoms with E-state index in [2.05, 4.69) is 34.3 Å². The molecule has 110 valence electrons. The van der Waals surface area contributed by atoms with Gasteiger partial charge in [-0.05, 0) is 49.9 Å². The lowest BCUT2D eigenvalue weighted by Gasteiger charge is -2.50. The van der Waals surface area contributed by atoms with E-state index in [1.165, 1.54) is 25.3 Å². The van der Waals surface area contributed by atoms with E-state index in [0.717, 1.165) is 25.2 Å². The van der Waals surface area contributed by atoms with E-state index in [1.54, 1.807) is 0 Å². The molecule has 1 rings (SSSR count). The number of rotatable bonds is 6. The monoisotopic (exact) mass is 266 g/mol. The van der Waals surface area contributed by atoms with E-state index in [-0.39, 0.29) is 11.6 Å². The number of hydrogen-bond acceptors (Lipinski definition) is 2. The lowest BCUT2D eigenvalue weighted by molar-refractivity contribution is -0.181. The van der Waals surface area contributed by atoms with Crippen molar-refractivity contribution >= 4 is 5.97 Å². The van der Waals surface area contributed by atoms with Crippen LogP contribution in [0.25, 0.3) is 0 Å². The van der Waals surface area contributed by atoms with E-state index < -0.39 is 0 Å². The maximum absolute atomic E-state index is 11.8. The van der Waals surface area contributed by atoms with Gasteiger partial charge in [-0.1, -0.05) is 40.7 Å². The van der Waals surface area contributed by atoms with Gasteiger partial charge in [-0.3, -0.25) is 0 Å². The Morgan fingerprint density at radius 2 is 1.68 bits per heavy atom. The van der Waals surface area contributed by atoms with E-state index >= 15 is 0 Å². The van der Waals surface area contributed by atoms with Gasteiger partial charge >= 0.3 is 5.97 Å². The molecule has 0 aliphatic heterocycles. The number of carbonyl (C=O) groups excluding carboxylic acids is 1. The summed E-state index contributed by atoms with van der Waals surface area (Å²) < 4.78 is 5.92. The van der Waals surface area contributed by atoms with Crippen molar-refractivity contribution in [1.82, 2.24) is 0 Å². The van der Waals surface area contributed by atoms with Crippen LogP contribution in [-0.4, -0.2) is 11.6 Å². The molecule has 0 heterocycles. The predicted molar refractivity (Wildman–Crippen MR) is 79.9 cm³/mol. The molecule has 2 atom stereocenters. The van der Waals surface area contributed by atoms with Gasteiger partial charge in [-0.25, -0.2) is 4.79 Å². The Hall–Kier alpha value is -0.790. The van der Waals surface area contributed by atoms with Gasteiger partial charge in [0.05, 0.1) is 0 Å². The first-order chi connectivity index (χ1) is 9.07. The number of hydrogen-bond donors (Lipinski definition) is 0. The van der Waals surface area contributed by atoms with Crippen LogP contribution in [0, 0.1) is 17.8 Å². The van der Waals surface area contributed by atoms with Gasteiger partial charge in [0.2, 0.25) is 0 Å². The topological polar surface area (TPSA) is 26.3 Å². The quantitative estimate of drug-likeness (QED) is 0.513. The zero-order chi connectivity index (χ0) is 14.5. The van der Waals surface area contributed by atoms with E-state index in [0.29, 0.717) is 11.8 Å². The van der Waals surface area contributed by atoms with Crippen molar-refractivity contribution in [2.45, 2.75) is 71.8 Å². The predicted octanol–water partition coefficient (Wildman–Crippen LogP) is 4.74. The molecule has 2 unspecified atom stereocenters. The van der Waals surface area contributed by atoms with Gasteiger partial charge in [0, 0.05) is 6.08 Å². The number of carbonyl (C=O) groups is 1. The molecule has 1 fully saturated rings. The van der Waals surface area contributed by atoms with Crippen LogP contribution >= 0.6 is 0 Å². The molecule has 2 heteroatoms. The highest BCUT2D eigenvalue weighted by molar-refractivity contribution is 5.81. The molecule has 0 spiro atoms. The lowest BCUT2D eigenvalue weighted by Crippen LogP contribution is -2.52. The van der Waals surface area contributed by atoms with Crippen LogP contribution in [0.2, 0.25) is 0 Å². The largest absolute Gasteiger partial charge is 0.455 e. The molecule has 0 saturated heterocycles. The zero-order valence-electron chi connectivity index (χ0n) is 13.1. The van der Waals surface area contributed by atoms with Crippen LogP contribution in [-0.2, 0) is 9.53 Å². The minimum absolute atomic E-state index is 0.256. The maximum Gasteiger partial charge on any atom is 0.330 e. The molecule has 0 aromatic carbocycles. The van der Waals surface area contributed by atoms with Crippen molar-refractivity contribution in [3.05, 3.63) is 12.7 Å². The first kappa shape index (κ1) is 16.3. The van der Waals surface area contributed by atoms with Crippen LogP contribution in [0.4, 0.5) is 0 Å². The van der Waals surface area contributed by atoms with Gasteiger partial charge in [-0.15, -0.1) is 0 Å². The third kappa shape index (κ3) is 3.21. The van der Waals surface area contributed by atoms with Crippen LogP contribution in [0.5, 0.6) is 0 Å². The molecule has 0 aromatic rings. The van der Waals surface area contributed by atoms with Crippen LogP contribution < -0.4 is 0 Å². The Morgan fingerprint density at radius 3 is 2.00 bits per heavy atom. The summed E-state index contributed by atoms with van der Waals surface area (Å²) >= 11 is 0. The second kappa shape index (κ2) is 7.12. The van der Waals surface area contributed by atoms with E-state index in [4.69, 9.17) is 4.74 Å². The molecule has 0 amide bonds. The van der Waals surface area contributed by atoms with Crippen molar-refractivity contribution < 1.29 is 9.53 Å². The molecule has 2 nitrogen and oxygen atoms in total. The molecule has 1 aliphatic carbocycles. The number of esters is 1. The highest BCUT2D eigenvalue weighted by Crippen LogP contribution is 2.49. The van der Waals surface area contributed by atoms with Gasteiger partial charge in [0.25, 0.3) is 0 Å². The molecular weight excluding hydrogens is 236 g/mol. The van der Waals surface area contributed by atoms with Crippen molar-refractivity contribution in [3.8, 4) is 0 Å². The Morgan fingerprint density at radius 1 is 1.16 bits per heavy atom. The second-order valence-corrected chi connectivity index (χ2v) is 5.89. The first-order valence-electron chi connectivity index (χ1n) is 7.93. The maximum atomic E-state index is 11.8. The van der Waals surface area contributed by atoms with Gasteiger partial charge in [0.15, 0.2) is 0 Å². The molecule has 19 heavy (non-hydrogen) atoms. The van der Waals surface area contributed by atoms with Crippen molar-refractivity contribution in [1.29, 1.82) is 0 Å². The minimum Gasteiger partial charge on any atom is -0.455 e. The molecular formula is C17H30O2. The third-order valence-electron chi connectivity index (χ3n) is 5.19. The average molecular weight is 266 g/mol. The Bertz CT molecular complexity index is 294. The fraction of sp³-hybridized carbons (Fsp3) is 0.824. The SMILES string of the molecule is C=CC(=O)OC1(CC)C(CC)CC(CC)CC1CC. The minimum atomic E-state index is -0.263. The highest BCUT2D eigenvalue weighted by Gasteiger charge is 2.49. The van der Waals surface area contributed by atoms with Crippen molar-refractivity contribution in [2.24, 2.45) is 17.8 Å². The molecule has 1 aliphatic rings. The van der Waals surface area contributed by atoms with Gasteiger partial charge in [0.1, 0.15) is 5.60 Å². The molecule has 1 saturated carbocycles. The summed E-state index contributed by atoms with van der Waals surface area (Å²) in [6.07, 6.45) is 8.03. The Labute approximate surface area is 118 Å². The normalized spacial score (nSPS) is 34.8. The standard InChI is InChI=1S/C17H30O2/c1-6-13-11-14(7-2)17(10-5,15(8-3)12-13)19-16(18)9-4/h9,13-15H,4,6-8,10-12H2,1-3,5H3. The average Bonchev–Trinajstić information content (AvgIpc) is 2.46. The summed E-state index contributed by atoms with van der Waals surface area (Å²) in [7, 11) is 0. The van der Waals surface area contributed by atoms with Gasteiger partial charge < -0.3 is 4.74 Å². The lowest BCUT2D eigenvalue weighted by atomic mass is 9.61. The Kier molecular flexibility index (Phi) is 6.09.